The molecular formula is C8H6BF3N2O2. The molecule has 2 N–H and O–H groups in total. The van der Waals surface area contributed by atoms with E-state index in [0.29, 0.717) is 0 Å². The summed E-state index contributed by atoms with van der Waals surface area (Å²) in [7, 11) is -1.73. The molecule has 0 unspecified atom stereocenters. The molecule has 0 atom stereocenters. The second kappa shape index (κ2) is 3.50. The highest BCUT2D eigenvalue weighted by Gasteiger charge is 2.33. The van der Waals surface area contributed by atoms with Gasteiger partial charge in [-0.25, -0.2) is 4.98 Å². The van der Waals surface area contributed by atoms with Crippen LogP contribution in [0.3, 0.4) is 0 Å². The molecule has 84 valence electrons. The quantitative estimate of drug-likeness (QED) is 0.679. The standard InChI is InChI=1S/C8H6BF3N2O2/c10-8(11,12)6-4-14-2-1-5(9(15)16)3-7(14)13-6/h1-4,15-16H. The minimum absolute atomic E-state index is 0.0120. The van der Waals surface area contributed by atoms with Gasteiger partial charge in [-0.15, -0.1) is 0 Å². The lowest BCUT2D eigenvalue weighted by Crippen LogP contribution is -2.29. The minimum Gasteiger partial charge on any atom is -0.423 e. The number of hydrogen-bond donors (Lipinski definition) is 2. The van der Waals surface area contributed by atoms with Crippen molar-refractivity contribution in [3.05, 3.63) is 30.2 Å². The number of pyridine rings is 1. The smallest absolute Gasteiger partial charge is 0.423 e. The lowest BCUT2D eigenvalue weighted by Gasteiger charge is -1.98. The van der Waals surface area contributed by atoms with Gasteiger partial charge >= 0.3 is 13.3 Å². The topological polar surface area (TPSA) is 57.8 Å². The zero-order valence-corrected chi connectivity index (χ0v) is 7.81. The van der Waals surface area contributed by atoms with Crippen LogP contribution in [0.15, 0.2) is 24.5 Å². The van der Waals surface area contributed by atoms with E-state index < -0.39 is 19.0 Å². The van der Waals surface area contributed by atoms with E-state index in [4.69, 9.17) is 10.0 Å². The van der Waals surface area contributed by atoms with E-state index in [9.17, 15) is 13.2 Å². The molecule has 0 amide bonds. The Labute approximate surface area is 88.1 Å². The molecule has 2 heterocycles. The molecule has 0 bridgehead atoms. The van der Waals surface area contributed by atoms with Crippen molar-refractivity contribution in [2.24, 2.45) is 0 Å². The van der Waals surface area contributed by atoms with Crippen LogP contribution in [-0.4, -0.2) is 26.6 Å². The third-order valence-electron chi connectivity index (χ3n) is 2.07. The summed E-state index contributed by atoms with van der Waals surface area (Å²) in [5, 5.41) is 17.7. The third-order valence-corrected chi connectivity index (χ3v) is 2.07. The lowest BCUT2D eigenvalue weighted by atomic mass is 9.81. The molecule has 0 saturated heterocycles. The van der Waals surface area contributed by atoms with Crippen molar-refractivity contribution in [2.45, 2.75) is 6.18 Å². The molecule has 0 aliphatic carbocycles. The predicted molar refractivity (Wildman–Crippen MR) is 50.0 cm³/mol. The highest BCUT2D eigenvalue weighted by atomic mass is 19.4. The fraction of sp³-hybridized carbons (Fsp3) is 0.125. The number of nitrogens with zero attached hydrogens (tertiary/aromatic N) is 2. The largest absolute Gasteiger partial charge is 0.488 e. The highest BCUT2D eigenvalue weighted by Crippen LogP contribution is 2.28. The van der Waals surface area contributed by atoms with Crippen molar-refractivity contribution < 1.29 is 23.2 Å². The first kappa shape index (κ1) is 11.0. The second-order valence-electron chi connectivity index (χ2n) is 3.22. The zero-order chi connectivity index (χ0) is 11.9. The van der Waals surface area contributed by atoms with Crippen LogP contribution >= 0.6 is 0 Å². The first-order valence-corrected chi connectivity index (χ1v) is 4.30. The van der Waals surface area contributed by atoms with Crippen molar-refractivity contribution in [3.8, 4) is 0 Å². The first-order valence-electron chi connectivity index (χ1n) is 4.30. The van der Waals surface area contributed by atoms with Crippen LogP contribution in [0, 0.1) is 0 Å². The van der Waals surface area contributed by atoms with E-state index in [-0.39, 0.29) is 11.1 Å². The molecule has 2 rings (SSSR count). The number of aromatic nitrogens is 2. The van der Waals surface area contributed by atoms with Gasteiger partial charge in [0.15, 0.2) is 5.69 Å². The van der Waals surface area contributed by atoms with Crippen LogP contribution in [0.5, 0.6) is 0 Å². The molecule has 0 saturated carbocycles. The van der Waals surface area contributed by atoms with Crippen molar-refractivity contribution in [1.29, 1.82) is 0 Å². The van der Waals surface area contributed by atoms with E-state index in [2.05, 4.69) is 4.98 Å². The minimum atomic E-state index is -4.51. The average Bonchev–Trinajstić information content (AvgIpc) is 2.58. The normalized spacial score (nSPS) is 12.1. The molecule has 2 aromatic heterocycles. The number of halogens is 3. The highest BCUT2D eigenvalue weighted by molar-refractivity contribution is 6.58. The number of alkyl halides is 3. The van der Waals surface area contributed by atoms with E-state index in [0.717, 1.165) is 10.6 Å². The molecule has 4 nitrogen and oxygen atoms in total. The summed E-state index contributed by atoms with van der Waals surface area (Å²) < 4.78 is 38.1. The molecule has 0 aliphatic rings. The van der Waals surface area contributed by atoms with Crippen molar-refractivity contribution in [1.82, 2.24) is 9.38 Å². The molecule has 0 spiro atoms. The maximum atomic E-state index is 12.3. The maximum absolute atomic E-state index is 12.3. The summed E-state index contributed by atoms with van der Waals surface area (Å²) in [5.74, 6) is 0. The molecule has 8 heteroatoms. The Morgan fingerprint density at radius 2 is 2.00 bits per heavy atom. The zero-order valence-electron chi connectivity index (χ0n) is 7.81. The summed E-state index contributed by atoms with van der Waals surface area (Å²) in [5.41, 5.74) is -0.915. The van der Waals surface area contributed by atoms with Crippen molar-refractivity contribution in [2.75, 3.05) is 0 Å². The Morgan fingerprint density at radius 1 is 1.31 bits per heavy atom. The molecule has 16 heavy (non-hydrogen) atoms. The summed E-state index contributed by atoms with van der Waals surface area (Å²) in [6, 6.07) is 2.49. The van der Waals surface area contributed by atoms with Gasteiger partial charge in [0.1, 0.15) is 5.65 Å². The van der Waals surface area contributed by atoms with E-state index >= 15 is 0 Å². The number of fused-ring (bicyclic) bond motifs is 1. The predicted octanol–water partition coefficient (Wildman–Crippen LogP) is 0.0329. The van der Waals surface area contributed by atoms with Gasteiger partial charge in [-0.1, -0.05) is 0 Å². The molecule has 2 aromatic rings. The van der Waals surface area contributed by atoms with Crippen LogP contribution in [0.4, 0.5) is 13.2 Å². The van der Waals surface area contributed by atoms with Crippen LogP contribution in [-0.2, 0) is 6.18 Å². The molecule has 0 fully saturated rings. The summed E-state index contributed by atoms with van der Waals surface area (Å²) in [4.78, 5) is 3.34. The Hall–Kier alpha value is -1.54. The fourth-order valence-electron chi connectivity index (χ4n) is 1.29. The molecule has 0 radical (unpaired) electrons. The van der Waals surface area contributed by atoms with Crippen LogP contribution < -0.4 is 5.46 Å². The van der Waals surface area contributed by atoms with Crippen LogP contribution in [0.1, 0.15) is 5.69 Å². The number of rotatable bonds is 1. The van der Waals surface area contributed by atoms with E-state index in [1.165, 1.54) is 18.3 Å². The van der Waals surface area contributed by atoms with Gasteiger partial charge in [0.2, 0.25) is 0 Å². The van der Waals surface area contributed by atoms with Crippen molar-refractivity contribution in [3.63, 3.8) is 0 Å². The van der Waals surface area contributed by atoms with Crippen LogP contribution in [0.2, 0.25) is 0 Å². The lowest BCUT2D eigenvalue weighted by molar-refractivity contribution is -0.140. The summed E-state index contributed by atoms with van der Waals surface area (Å²) in [6.45, 7) is 0. The number of hydrogen-bond acceptors (Lipinski definition) is 3. The molecular weight excluding hydrogens is 224 g/mol. The van der Waals surface area contributed by atoms with Gasteiger partial charge < -0.3 is 14.4 Å². The average molecular weight is 230 g/mol. The molecule has 0 aliphatic heterocycles. The van der Waals surface area contributed by atoms with Gasteiger partial charge in [0.05, 0.1) is 0 Å². The van der Waals surface area contributed by atoms with E-state index in [1.807, 2.05) is 0 Å². The second-order valence-corrected chi connectivity index (χ2v) is 3.22. The summed E-state index contributed by atoms with van der Waals surface area (Å²) >= 11 is 0. The Morgan fingerprint density at radius 3 is 2.56 bits per heavy atom. The monoisotopic (exact) mass is 230 g/mol. The number of imidazole rings is 1. The van der Waals surface area contributed by atoms with Gasteiger partial charge in [0.25, 0.3) is 0 Å². The van der Waals surface area contributed by atoms with Gasteiger partial charge in [-0.3, -0.25) is 0 Å². The Bertz CT molecular complexity index is 523. The van der Waals surface area contributed by atoms with E-state index in [1.54, 1.807) is 0 Å². The SMILES string of the molecule is OB(O)c1ccn2cc(C(F)(F)F)nc2c1. The maximum Gasteiger partial charge on any atom is 0.488 e. The van der Waals surface area contributed by atoms with Crippen molar-refractivity contribution >= 4 is 18.2 Å². The third kappa shape index (κ3) is 1.89. The Kier molecular flexibility index (Phi) is 2.40. The van der Waals surface area contributed by atoms with Gasteiger partial charge in [-0.2, -0.15) is 13.2 Å². The fourth-order valence-corrected chi connectivity index (χ4v) is 1.29. The Balaban J connectivity index is 2.54. The molecule has 0 aromatic carbocycles. The first-order chi connectivity index (χ1) is 7.38. The summed E-state index contributed by atoms with van der Waals surface area (Å²) in [6.07, 6.45) is -2.39. The van der Waals surface area contributed by atoms with Gasteiger partial charge in [-0.05, 0) is 17.6 Å². The van der Waals surface area contributed by atoms with Crippen LogP contribution in [0.25, 0.3) is 5.65 Å². The van der Waals surface area contributed by atoms with Gasteiger partial charge in [0, 0.05) is 12.4 Å².